The monoisotopic (exact) mass is 427 g/mol. The fraction of sp³-hybridized carbons (Fsp3) is 0. The van der Waals surface area contributed by atoms with Crippen LogP contribution in [0.5, 0.6) is 0 Å². The summed E-state index contributed by atoms with van der Waals surface area (Å²) < 4.78 is 40.4. The normalized spacial score (nSPS) is 11.4. The van der Waals surface area contributed by atoms with E-state index < -0.39 is 15.8 Å². The summed E-state index contributed by atoms with van der Waals surface area (Å²) in [6.45, 7) is 0. The van der Waals surface area contributed by atoms with Crippen molar-refractivity contribution < 1.29 is 12.8 Å². The topological polar surface area (TPSA) is 71.1 Å². The summed E-state index contributed by atoms with van der Waals surface area (Å²) in [7, 11) is -3.78. The van der Waals surface area contributed by atoms with E-state index in [1.807, 2.05) is 12.1 Å². The molecular weight excluding hydrogens is 413 g/mol. The van der Waals surface area contributed by atoms with Crippen LogP contribution in [0, 0.1) is 5.82 Å². The largest absolute Gasteiger partial charge is 0.355 e. The van der Waals surface area contributed by atoms with Gasteiger partial charge in [-0.05, 0) is 72.8 Å². The van der Waals surface area contributed by atoms with Gasteiger partial charge in [0.25, 0.3) is 10.0 Å². The second kappa shape index (κ2) is 7.69. The van der Waals surface area contributed by atoms with Gasteiger partial charge in [0.05, 0.1) is 10.4 Å². The number of hydrogen-bond donors (Lipinski definition) is 2. The highest BCUT2D eigenvalue weighted by atomic mass is 35.5. The Labute approximate surface area is 172 Å². The van der Waals surface area contributed by atoms with Crippen molar-refractivity contribution in [1.82, 2.24) is 4.98 Å². The van der Waals surface area contributed by atoms with E-state index in [0.29, 0.717) is 10.7 Å². The van der Waals surface area contributed by atoms with Gasteiger partial charge in [0, 0.05) is 33.7 Å². The molecular formula is C21H15ClFN3O2S. The average Bonchev–Trinajstić information content (AvgIpc) is 2.70. The summed E-state index contributed by atoms with van der Waals surface area (Å²) in [4.78, 5) is 4.40. The first-order valence-electron chi connectivity index (χ1n) is 8.60. The molecule has 0 aliphatic rings. The number of hydrogen-bond acceptors (Lipinski definition) is 4. The molecule has 1 heterocycles. The lowest BCUT2D eigenvalue weighted by molar-refractivity contribution is 0.601. The number of nitrogens with zero attached hydrogens (tertiary/aromatic N) is 1. The van der Waals surface area contributed by atoms with E-state index in [0.717, 1.165) is 16.6 Å². The zero-order chi connectivity index (χ0) is 20.4. The molecule has 4 rings (SSSR count). The van der Waals surface area contributed by atoms with Gasteiger partial charge in [0.1, 0.15) is 5.82 Å². The fourth-order valence-electron chi connectivity index (χ4n) is 2.84. The minimum absolute atomic E-state index is 0.0961. The Morgan fingerprint density at radius 2 is 1.55 bits per heavy atom. The van der Waals surface area contributed by atoms with E-state index >= 15 is 0 Å². The summed E-state index contributed by atoms with van der Waals surface area (Å²) in [6.07, 6.45) is 1.67. The number of halogens is 2. The molecule has 0 saturated heterocycles. The lowest BCUT2D eigenvalue weighted by Gasteiger charge is -2.11. The molecule has 0 aliphatic heterocycles. The van der Waals surface area contributed by atoms with E-state index in [1.165, 1.54) is 36.4 Å². The maximum absolute atomic E-state index is 13.0. The third kappa shape index (κ3) is 4.31. The number of anilines is 3. The molecule has 5 nitrogen and oxygen atoms in total. The van der Waals surface area contributed by atoms with E-state index in [2.05, 4.69) is 15.0 Å². The third-order valence-electron chi connectivity index (χ3n) is 4.24. The van der Waals surface area contributed by atoms with Crippen LogP contribution in [-0.4, -0.2) is 13.4 Å². The highest BCUT2D eigenvalue weighted by Gasteiger charge is 2.14. The van der Waals surface area contributed by atoms with Crippen molar-refractivity contribution in [2.45, 2.75) is 4.90 Å². The Morgan fingerprint density at radius 3 is 2.28 bits per heavy atom. The zero-order valence-electron chi connectivity index (χ0n) is 14.9. The van der Waals surface area contributed by atoms with Crippen molar-refractivity contribution in [3.05, 3.63) is 89.8 Å². The molecule has 0 aliphatic carbocycles. The van der Waals surface area contributed by atoms with Gasteiger partial charge < -0.3 is 5.32 Å². The van der Waals surface area contributed by atoms with Gasteiger partial charge in [-0.3, -0.25) is 9.71 Å². The molecule has 0 fully saturated rings. The first-order valence-corrected chi connectivity index (χ1v) is 10.5. The Hall–Kier alpha value is -3.16. The van der Waals surface area contributed by atoms with Gasteiger partial charge in [-0.1, -0.05) is 11.6 Å². The van der Waals surface area contributed by atoms with Crippen LogP contribution in [0.15, 0.2) is 83.9 Å². The first-order chi connectivity index (χ1) is 13.9. The number of sulfonamides is 1. The molecule has 3 aromatic carbocycles. The number of pyridine rings is 1. The van der Waals surface area contributed by atoms with Crippen LogP contribution in [0.4, 0.5) is 21.5 Å². The summed E-state index contributed by atoms with van der Waals surface area (Å²) in [5.41, 5.74) is 2.58. The molecule has 1 aromatic heterocycles. The lowest BCUT2D eigenvalue weighted by Crippen LogP contribution is -2.12. The zero-order valence-corrected chi connectivity index (χ0v) is 16.5. The average molecular weight is 428 g/mol. The van der Waals surface area contributed by atoms with Crippen LogP contribution in [0.2, 0.25) is 5.02 Å². The molecule has 2 N–H and O–H groups in total. The predicted molar refractivity (Wildman–Crippen MR) is 114 cm³/mol. The number of rotatable bonds is 5. The highest BCUT2D eigenvalue weighted by Crippen LogP contribution is 2.27. The van der Waals surface area contributed by atoms with E-state index in [1.54, 1.807) is 30.5 Å². The fourth-order valence-corrected chi connectivity index (χ4v) is 4.06. The van der Waals surface area contributed by atoms with E-state index in [4.69, 9.17) is 11.6 Å². The maximum Gasteiger partial charge on any atom is 0.261 e. The first kappa shape index (κ1) is 19.2. The van der Waals surface area contributed by atoms with Gasteiger partial charge in [-0.15, -0.1) is 0 Å². The van der Waals surface area contributed by atoms with Gasteiger partial charge in [-0.2, -0.15) is 0 Å². The van der Waals surface area contributed by atoms with Gasteiger partial charge in [0.15, 0.2) is 0 Å². The SMILES string of the molecule is O=S(=O)(Nc1ccc(F)cc1)c1ccc(Nc2ccnc3cc(Cl)ccc23)cc1. The molecule has 4 aromatic rings. The quantitative estimate of drug-likeness (QED) is 0.436. The van der Waals surface area contributed by atoms with Crippen molar-refractivity contribution in [1.29, 1.82) is 0 Å². The molecule has 0 unspecified atom stereocenters. The number of benzene rings is 3. The maximum atomic E-state index is 13.0. The van der Waals surface area contributed by atoms with Crippen LogP contribution >= 0.6 is 11.6 Å². The second-order valence-electron chi connectivity index (χ2n) is 6.28. The molecule has 0 atom stereocenters. The number of aromatic nitrogens is 1. The summed E-state index contributed by atoms with van der Waals surface area (Å²) >= 11 is 6.02. The minimum Gasteiger partial charge on any atom is -0.355 e. The van der Waals surface area contributed by atoms with Crippen LogP contribution in [-0.2, 0) is 10.0 Å². The smallest absolute Gasteiger partial charge is 0.261 e. The minimum atomic E-state index is -3.78. The van der Waals surface area contributed by atoms with Crippen molar-refractivity contribution >= 4 is 49.6 Å². The van der Waals surface area contributed by atoms with Crippen molar-refractivity contribution in [2.75, 3.05) is 10.0 Å². The van der Waals surface area contributed by atoms with Crippen molar-refractivity contribution in [3.63, 3.8) is 0 Å². The van der Waals surface area contributed by atoms with Crippen molar-refractivity contribution in [3.8, 4) is 0 Å². The summed E-state index contributed by atoms with van der Waals surface area (Å²) in [6, 6.07) is 18.7. The number of fused-ring (bicyclic) bond motifs is 1. The summed E-state index contributed by atoms with van der Waals surface area (Å²) in [5.74, 6) is -0.436. The molecule has 146 valence electrons. The van der Waals surface area contributed by atoms with Crippen molar-refractivity contribution in [2.24, 2.45) is 0 Å². The molecule has 0 spiro atoms. The van der Waals surface area contributed by atoms with Crippen LogP contribution in [0.3, 0.4) is 0 Å². The number of nitrogens with one attached hydrogen (secondary N) is 2. The van der Waals surface area contributed by atoms with Gasteiger partial charge in [-0.25, -0.2) is 12.8 Å². The summed E-state index contributed by atoms with van der Waals surface area (Å²) in [5, 5.41) is 4.76. The molecule has 0 radical (unpaired) electrons. The van der Waals surface area contributed by atoms with Crippen LogP contribution in [0.25, 0.3) is 10.9 Å². The van der Waals surface area contributed by atoms with Crippen LogP contribution < -0.4 is 10.0 Å². The molecule has 0 amide bonds. The van der Waals surface area contributed by atoms with E-state index in [9.17, 15) is 12.8 Å². The van der Waals surface area contributed by atoms with Gasteiger partial charge >= 0.3 is 0 Å². The third-order valence-corrected chi connectivity index (χ3v) is 5.88. The molecule has 0 saturated carbocycles. The van der Waals surface area contributed by atoms with E-state index in [-0.39, 0.29) is 10.6 Å². The van der Waals surface area contributed by atoms with Crippen LogP contribution in [0.1, 0.15) is 0 Å². The Bertz CT molecular complexity index is 1280. The molecule has 29 heavy (non-hydrogen) atoms. The lowest BCUT2D eigenvalue weighted by atomic mass is 10.2. The Kier molecular flexibility index (Phi) is 5.08. The standard InChI is InChI=1S/C21H15ClFN3O2S/c22-14-1-10-19-20(11-12-24-21(19)13-14)25-16-6-8-18(9-7-16)29(27,28)26-17-4-2-15(23)3-5-17/h1-13,26H,(H,24,25). The Morgan fingerprint density at radius 1 is 0.862 bits per heavy atom. The molecule has 8 heteroatoms. The van der Waals surface area contributed by atoms with Gasteiger partial charge in [0.2, 0.25) is 0 Å². The molecule has 0 bridgehead atoms. The Balaban J connectivity index is 1.56. The second-order valence-corrected chi connectivity index (χ2v) is 8.40. The predicted octanol–water partition coefficient (Wildman–Crippen LogP) is 5.57. The highest BCUT2D eigenvalue weighted by molar-refractivity contribution is 7.92.